The maximum absolute atomic E-state index is 11.6. The van der Waals surface area contributed by atoms with Crippen LogP contribution in [0.15, 0.2) is 41.3 Å². The monoisotopic (exact) mass is 410 g/mol. The molecule has 0 fully saturated rings. The van der Waals surface area contributed by atoms with Gasteiger partial charge in [0.05, 0.1) is 4.92 Å². The summed E-state index contributed by atoms with van der Waals surface area (Å²) in [7, 11) is -4.19. The van der Waals surface area contributed by atoms with Gasteiger partial charge in [0.15, 0.2) is 4.90 Å². The molecule has 0 aliphatic carbocycles. The number of rotatable bonds is 6. The molecule has 0 saturated heterocycles. The molecule has 3 rings (SSSR count). The van der Waals surface area contributed by atoms with Crippen molar-refractivity contribution in [2.75, 3.05) is 25.0 Å². The van der Waals surface area contributed by atoms with Crippen LogP contribution in [0, 0.1) is 10.1 Å². The van der Waals surface area contributed by atoms with Crippen molar-refractivity contribution >= 4 is 33.0 Å². The lowest BCUT2D eigenvalue weighted by Gasteiger charge is -2.29. The molecule has 3 N–H and O–H groups in total. The van der Waals surface area contributed by atoms with Crippen molar-refractivity contribution in [3.63, 3.8) is 0 Å². The zero-order chi connectivity index (χ0) is 19.6. The second kappa shape index (κ2) is 7.81. The van der Waals surface area contributed by atoms with Crippen molar-refractivity contribution in [1.29, 1.82) is 0 Å². The predicted octanol–water partition coefficient (Wildman–Crippen LogP) is 2.37. The number of nitro benzene ring substituents is 1. The van der Waals surface area contributed by atoms with Gasteiger partial charge < -0.3 is 5.32 Å². The smallest absolute Gasteiger partial charge is 0.312 e. The van der Waals surface area contributed by atoms with E-state index in [0.717, 1.165) is 30.6 Å². The Hall–Kier alpha value is -2.20. The first-order valence-corrected chi connectivity index (χ1v) is 10.2. The third kappa shape index (κ3) is 4.38. The molecule has 8 nitrogen and oxygen atoms in total. The number of fused-ring (bicyclic) bond motifs is 1. The summed E-state index contributed by atoms with van der Waals surface area (Å²) in [6, 6.07) is 9.87. The van der Waals surface area contributed by atoms with E-state index in [4.69, 9.17) is 16.7 Å². The number of primary sulfonamides is 1. The van der Waals surface area contributed by atoms with Crippen LogP contribution in [0.25, 0.3) is 0 Å². The van der Waals surface area contributed by atoms with Gasteiger partial charge in [-0.05, 0) is 35.7 Å². The summed E-state index contributed by atoms with van der Waals surface area (Å²) in [6.45, 7) is 2.64. The number of nitro groups is 1. The van der Waals surface area contributed by atoms with E-state index in [9.17, 15) is 18.5 Å². The summed E-state index contributed by atoms with van der Waals surface area (Å²) >= 11 is 6.22. The van der Waals surface area contributed by atoms with E-state index in [0.29, 0.717) is 13.1 Å². The minimum Gasteiger partial charge on any atom is -0.378 e. The number of anilines is 1. The molecule has 0 aromatic heterocycles. The zero-order valence-electron chi connectivity index (χ0n) is 14.4. The average Bonchev–Trinajstić information content (AvgIpc) is 2.60. The summed E-state index contributed by atoms with van der Waals surface area (Å²) in [5.41, 5.74) is 1.94. The molecule has 0 radical (unpaired) electrons. The van der Waals surface area contributed by atoms with E-state index in [1.807, 2.05) is 18.2 Å². The second-order valence-corrected chi connectivity index (χ2v) is 8.22. The third-order valence-corrected chi connectivity index (χ3v) is 5.82. The first kappa shape index (κ1) is 19.6. The van der Waals surface area contributed by atoms with Crippen molar-refractivity contribution in [2.24, 2.45) is 5.14 Å². The number of hydrogen-bond acceptors (Lipinski definition) is 6. The molecule has 27 heavy (non-hydrogen) atoms. The Kier molecular flexibility index (Phi) is 5.66. The molecule has 1 aliphatic rings. The molecule has 1 heterocycles. The highest BCUT2D eigenvalue weighted by atomic mass is 35.5. The van der Waals surface area contributed by atoms with Crippen LogP contribution < -0.4 is 10.5 Å². The molecule has 0 spiro atoms. The first-order chi connectivity index (χ1) is 12.8. The highest BCUT2D eigenvalue weighted by molar-refractivity contribution is 7.89. The van der Waals surface area contributed by atoms with Crippen LogP contribution in [0.4, 0.5) is 11.4 Å². The van der Waals surface area contributed by atoms with Crippen LogP contribution in [-0.4, -0.2) is 37.9 Å². The van der Waals surface area contributed by atoms with E-state index >= 15 is 0 Å². The van der Waals surface area contributed by atoms with Crippen LogP contribution in [-0.2, 0) is 23.0 Å². The Morgan fingerprint density at radius 3 is 2.70 bits per heavy atom. The van der Waals surface area contributed by atoms with Crippen molar-refractivity contribution in [2.45, 2.75) is 17.9 Å². The number of para-hydroxylation sites is 1. The van der Waals surface area contributed by atoms with Gasteiger partial charge in [-0.3, -0.25) is 15.0 Å². The van der Waals surface area contributed by atoms with Gasteiger partial charge >= 0.3 is 5.69 Å². The Bertz CT molecular complexity index is 981. The van der Waals surface area contributed by atoms with Crippen molar-refractivity contribution in [3.8, 4) is 0 Å². The minimum atomic E-state index is -4.19. The largest absolute Gasteiger partial charge is 0.378 e. The maximum atomic E-state index is 11.6. The van der Waals surface area contributed by atoms with Crippen LogP contribution in [0.5, 0.6) is 0 Å². The lowest BCUT2D eigenvalue weighted by atomic mass is 10.00. The number of nitrogens with one attached hydrogen (secondary N) is 1. The molecule has 0 saturated carbocycles. The molecule has 144 valence electrons. The number of nitrogens with two attached hydrogens (primary N) is 1. The van der Waals surface area contributed by atoms with E-state index in [-0.39, 0.29) is 5.69 Å². The second-order valence-electron chi connectivity index (χ2n) is 6.28. The number of halogens is 1. The van der Waals surface area contributed by atoms with Gasteiger partial charge in [-0.25, -0.2) is 13.6 Å². The highest BCUT2D eigenvalue weighted by Crippen LogP contribution is 2.31. The number of nitrogens with zero attached hydrogens (tertiary/aromatic N) is 2. The summed E-state index contributed by atoms with van der Waals surface area (Å²) in [6.07, 6.45) is 0.843. The molecule has 10 heteroatoms. The number of sulfonamides is 1. The van der Waals surface area contributed by atoms with E-state index in [2.05, 4.69) is 10.2 Å². The Morgan fingerprint density at radius 1 is 1.26 bits per heavy atom. The lowest BCUT2D eigenvalue weighted by molar-refractivity contribution is -0.386. The van der Waals surface area contributed by atoms with Crippen molar-refractivity contribution in [3.05, 3.63) is 62.7 Å². The zero-order valence-corrected chi connectivity index (χ0v) is 16.0. The van der Waals surface area contributed by atoms with Crippen molar-refractivity contribution in [1.82, 2.24) is 4.90 Å². The standard InChI is InChI=1S/C17H19ClN4O4S/c18-14-4-1-3-12-11-21(9-7-13(12)14)10-8-20-15-5-2-6-16(27(19,25)26)17(15)22(23)24/h1-6,20H,7-11H2,(H2,19,25,26). The minimum absolute atomic E-state index is 0.131. The van der Waals surface area contributed by atoms with Gasteiger partial charge in [0.1, 0.15) is 5.69 Å². The molecular weight excluding hydrogens is 392 g/mol. The molecular formula is C17H19ClN4O4S. The molecule has 2 aromatic carbocycles. The van der Waals surface area contributed by atoms with Crippen LogP contribution in [0.1, 0.15) is 11.1 Å². The summed E-state index contributed by atoms with van der Waals surface area (Å²) in [5.74, 6) is 0. The van der Waals surface area contributed by atoms with Gasteiger partial charge in [-0.2, -0.15) is 0 Å². The molecule has 0 amide bonds. The molecule has 1 aliphatic heterocycles. The average molecular weight is 411 g/mol. The van der Waals surface area contributed by atoms with Gasteiger partial charge in [-0.1, -0.05) is 29.8 Å². The van der Waals surface area contributed by atoms with Crippen LogP contribution >= 0.6 is 11.6 Å². The fourth-order valence-electron chi connectivity index (χ4n) is 3.24. The number of hydrogen-bond donors (Lipinski definition) is 2. The Balaban J connectivity index is 1.69. The summed E-state index contributed by atoms with van der Waals surface area (Å²) in [5, 5.41) is 20.2. The third-order valence-electron chi connectivity index (χ3n) is 4.52. The molecule has 0 bridgehead atoms. The van der Waals surface area contributed by atoms with Gasteiger partial charge in [-0.15, -0.1) is 0 Å². The van der Waals surface area contributed by atoms with E-state index in [1.54, 1.807) is 0 Å². The highest BCUT2D eigenvalue weighted by Gasteiger charge is 2.26. The normalized spacial score (nSPS) is 14.6. The predicted molar refractivity (Wildman–Crippen MR) is 103 cm³/mol. The maximum Gasteiger partial charge on any atom is 0.312 e. The Morgan fingerprint density at radius 2 is 2.00 bits per heavy atom. The first-order valence-electron chi connectivity index (χ1n) is 8.30. The van der Waals surface area contributed by atoms with Crippen LogP contribution in [0.3, 0.4) is 0 Å². The van der Waals surface area contributed by atoms with Crippen LogP contribution in [0.2, 0.25) is 5.02 Å². The quantitative estimate of drug-likeness (QED) is 0.557. The van der Waals surface area contributed by atoms with E-state index < -0.39 is 25.5 Å². The summed E-state index contributed by atoms with van der Waals surface area (Å²) in [4.78, 5) is 12.3. The summed E-state index contributed by atoms with van der Waals surface area (Å²) < 4.78 is 23.2. The fourth-order valence-corrected chi connectivity index (χ4v) is 4.25. The molecule has 0 unspecified atom stereocenters. The van der Waals surface area contributed by atoms with Gasteiger partial charge in [0.2, 0.25) is 10.0 Å². The molecule has 0 atom stereocenters. The van der Waals surface area contributed by atoms with Crippen molar-refractivity contribution < 1.29 is 13.3 Å². The van der Waals surface area contributed by atoms with Gasteiger partial charge in [0.25, 0.3) is 0 Å². The van der Waals surface area contributed by atoms with Gasteiger partial charge in [0, 0.05) is 31.2 Å². The SMILES string of the molecule is NS(=O)(=O)c1cccc(NCCN2CCc3c(Cl)cccc3C2)c1[N+](=O)[O-]. The lowest BCUT2D eigenvalue weighted by Crippen LogP contribution is -2.34. The topological polar surface area (TPSA) is 119 Å². The van der Waals surface area contributed by atoms with E-state index in [1.165, 1.54) is 23.3 Å². The molecule has 2 aromatic rings. The number of benzene rings is 2. The fraction of sp³-hybridized carbons (Fsp3) is 0.294. The Labute approximate surface area is 162 Å².